The highest BCUT2D eigenvalue weighted by Gasteiger charge is 2.34. The summed E-state index contributed by atoms with van der Waals surface area (Å²) in [5, 5.41) is 18.4. The summed E-state index contributed by atoms with van der Waals surface area (Å²) in [6, 6.07) is 7.00. The van der Waals surface area contributed by atoms with Crippen LogP contribution in [-0.4, -0.2) is 35.3 Å². The predicted molar refractivity (Wildman–Crippen MR) is 87.7 cm³/mol. The molecule has 1 aliphatic carbocycles. The van der Waals surface area contributed by atoms with E-state index in [0.29, 0.717) is 12.0 Å². The van der Waals surface area contributed by atoms with Crippen molar-refractivity contribution in [3.05, 3.63) is 29.8 Å². The molecule has 0 unspecified atom stereocenters. The number of hydrogen-bond acceptors (Lipinski definition) is 4. The van der Waals surface area contributed by atoms with E-state index < -0.39 is 11.9 Å². The average molecular weight is 315 g/mol. The van der Waals surface area contributed by atoms with Gasteiger partial charge < -0.3 is 10.4 Å². The second-order valence-electron chi connectivity index (χ2n) is 6.21. The van der Waals surface area contributed by atoms with E-state index in [-0.39, 0.29) is 11.9 Å². The zero-order valence-corrected chi connectivity index (χ0v) is 13.2. The summed E-state index contributed by atoms with van der Waals surface area (Å²) in [6.07, 6.45) is 3.15. The van der Waals surface area contributed by atoms with Gasteiger partial charge in [0, 0.05) is 30.3 Å². The maximum atomic E-state index is 12.3. The van der Waals surface area contributed by atoms with E-state index in [1.165, 1.54) is 0 Å². The van der Waals surface area contributed by atoms with Gasteiger partial charge in [-0.25, -0.2) is 0 Å². The molecule has 23 heavy (non-hydrogen) atoms. The van der Waals surface area contributed by atoms with Gasteiger partial charge in [0.05, 0.1) is 11.6 Å². The first-order valence-electron chi connectivity index (χ1n) is 8.00. The Hall–Kier alpha value is -2.37. The van der Waals surface area contributed by atoms with Crippen LogP contribution in [0, 0.1) is 5.92 Å². The lowest BCUT2D eigenvalue weighted by Crippen LogP contribution is -2.40. The largest absolute Gasteiger partial charge is 0.481 e. The van der Waals surface area contributed by atoms with Crippen molar-refractivity contribution in [2.24, 2.45) is 11.0 Å². The van der Waals surface area contributed by atoms with Crippen molar-refractivity contribution in [2.45, 2.75) is 38.6 Å². The Balaban J connectivity index is 1.65. The average Bonchev–Trinajstić information content (AvgIpc) is 3.16. The second-order valence-corrected chi connectivity index (χ2v) is 6.21. The highest BCUT2D eigenvalue weighted by molar-refractivity contribution is 5.95. The van der Waals surface area contributed by atoms with Crippen LogP contribution in [0.25, 0.3) is 0 Å². The molecule has 1 heterocycles. The number of rotatable bonds is 4. The van der Waals surface area contributed by atoms with Crippen LogP contribution in [0.1, 0.15) is 43.0 Å². The van der Waals surface area contributed by atoms with Gasteiger partial charge >= 0.3 is 5.97 Å². The first-order valence-corrected chi connectivity index (χ1v) is 8.00. The number of nitrogens with zero attached hydrogens (tertiary/aromatic N) is 2. The van der Waals surface area contributed by atoms with Crippen molar-refractivity contribution in [3.63, 3.8) is 0 Å². The van der Waals surface area contributed by atoms with Crippen LogP contribution in [0.3, 0.4) is 0 Å². The van der Waals surface area contributed by atoms with Crippen molar-refractivity contribution < 1.29 is 14.7 Å². The molecule has 1 amide bonds. The molecule has 122 valence electrons. The Morgan fingerprint density at radius 3 is 2.61 bits per heavy atom. The summed E-state index contributed by atoms with van der Waals surface area (Å²) < 4.78 is 0. The molecule has 0 radical (unpaired) electrons. The Labute approximate surface area is 135 Å². The number of carbonyl (C=O) groups is 2. The van der Waals surface area contributed by atoms with Crippen molar-refractivity contribution in [1.29, 1.82) is 0 Å². The smallest absolute Gasteiger partial charge is 0.308 e. The van der Waals surface area contributed by atoms with E-state index in [1.54, 1.807) is 12.1 Å². The van der Waals surface area contributed by atoms with Crippen LogP contribution in [0.15, 0.2) is 29.4 Å². The minimum atomic E-state index is -0.828. The maximum Gasteiger partial charge on any atom is 0.308 e. The molecule has 1 aromatic carbocycles. The fraction of sp³-hybridized carbons (Fsp3) is 0.471. The molecule has 0 aromatic heterocycles. The van der Waals surface area contributed by atoms with Gasteiger partial charge in [0.2, 0.25) is 0 Å². The van der Waals surface area contributed by atoms with Crippen LogP contribution < -0.4 is 10.3 Å². The lowest BCUT2D eigenvalue weighted by Gasteiger charge is -2.18. The van der Waals surface area contributed by atoms with Crippen LogP contribution in [0.5, 0.6) is 0 Å². The molecule has 6 nitrogen and oxygen atoms in total. The summed E-state index contributed by atoms with van der Waals surface area (Å²) >= 11 is 0. The number of carboxylic acids is 1. The molecular weight excluding hydrogens is 294 g/mol. The van der Waals surface area contributed by atoms with Crippen LogP contribution in [0.2, 0.25) is 0 Å². The van der Waals surface area contributed by atoms with E-state index in [9.17, 15) is 14.7 Å². The van der Waals surface area contributed by atoms with E-state index in [0.717, 1.165) is 37.2 Å². The quantitative estimate of drug-likeness (QED) is 0.893. The summed E-state index contributed by atoms with van der Waals surface area (Å²) in [4.78, 5) is 23.5. The Morgan fingerprint density at radius 2 is 2.00 bits per heavy atom. The number of hydrogen-bond donors (Lipinski definition) is 2. The lowest BCUT2D eigenvalue weighted by atomic mass is 10.0. The number of anilines is 1. The number of carbonyl (C=O) groups excluding carboxylic acids is 1. The predicted octanol–water partition coefficient (Wildman–Crippen LogP) is 2.26. The van der Waals surface area contributed by atoms with Gasteiger partial charge in [0.15, 0.2) is 0 Å². The molecule has 0 bridgehead atoms. The minimum Gasteiger partial charge on any atom is -0.481 e. The third kappa shape index (κ3) is 3.36. The third-order valence-electron chi connectivity index (χ3n) is 4.55. The first kappa shape index (κ1) is 15.5. The van der Waals surface area contributed by atoms with Gasteiger partial charge in [0.1, 0.15) is 0 Å². The standard InChI is InChI=1S/C17H21N3O3/c1-11-9-10-20(19-11)13-7-5-12(6-8-13)16(21)18-15-4-2-3-14(15)17(22)23/h5-8,14-15H,2-4,9-10H2,1H3,(H,18,21)(H,22,23)/t14-,15-/m0/s1. The molecule has 0 spiro atoms. The number of amides is 1. The van der Waals surface area contributed by atoms with E-state index in [1.807, 2.05) is 24.1 Å². The monoisotopic (exact) mass is 315 g/mol. The highest BCUT2D eigenvalue weighted by Crippen LogP contribution is 2.26. The van der Waals surface area contributed by atoms with Crippen LogP contribution >= 0.6 is 0 Å². The van der Waals surface area contributed by atoms with Gasteiger partial charge in [-0.1, -0.05) is 6.42 Å². The summed E-state index contributed by atoms with van der Waals surface area (Å²) in [6.45, 7) is 2.86. The first-order chi connectivity index (χ1) is 11.0. The molecule has 1 saturated carbocycles. The zero-order chi connectivity index (χ0) is 16.4. The number of hydrazone groups is 1. The highest BCUT2D eigenvalue weighted by atomic mass is 16.4. The molecule has 6 heteroatoms. The number of benzene rings is 1. The molecule has 2 atom stereocenters. The second kappa shape index (κ2) is 6.40. The zero-order valence-electron chi connectivity index (χ0n) is 13.2. The van der Waals surface area contributed by atoms with Crippen LogP contribution in [0.4, 0.5) is 5.69 Å². The van der Waals surface area contributed by atoms with Gasteiger partial charge in [0.25, 0.3) is 5.91 Å². The molecule has 2 aliphatic rings. The molecule has 1 aromatic rings. The summed E-state index contributed by atoms with van der Waals surface area (Å²) in [5.41, 5.74) is 2.61. The number of carboxylic acid groups (broad SMARTS) is 1. The van der Waals surface area contributed by atoms with E-state index in [2.05, 4.69) is 10.4 Å². The van der Waals surface area contributed by atoms with Crippen molar-refractivity contribution in [3.8, 4) is 0 Å². The van der Waals surface area contributed by atoms with E-state index in [4.69, 9.17) is 0 Å². The molecule has 2 N–H and O–H groups in total. The number of aliphatic carboxylic acids is 1. The molecular formula is C17H21N3O3. The van der Waals surface area contributed by atoms with Gasteiger partial charge in [-0.2, -0.15) is 5.10 Å². The Kier molecular flexibility index (Phi) is 4.32. The summed E-state index contributed by atoms with van der Waals surface area (Å²) in [5.74, 6) is -1.51. The van der Waals surface area contributed by atoms with Crippen LogP contribution in [-0.2, 0) is 4.79 Å². The molecule has 1 aliphatic heterocycles. The SMILES string of the molecule is CC1=NN(c2ccc(C(=O)N[C@H]3CCC[C@@H]3C(=O)O)cc2)CC1. The third-order valence-corrected chi connectivity index (χ3v) is 4.55. The molecule has 0 saturated heterocycles. The van der Waals surface area contributed by atoms with Gasteiger partial charge in [-0.15, -0.1) is 0 Å². The van der Waals surface area contributed by atoms with Gasteiger partial charge in [-0.3, -0.25) is 14.6 Å². The minimum absolute atomic E-state index is 0.212. The number of nitrogens with one attached hydrogen (secondary N) is 1. The fourth-order valence-electron chi connectivity index (χ4n) is 3.23. The van der Waals surface area contributed by atoms with E-state index >= 15 is 0 Å². The van der Waals surface area contributed by atoms with Crippen molar-refractivity contribution in [2.75, 3.05) is 11.6 Å². The summed E-state index contributed by atoms with van der Waals surface area (Å²) in [7, 11) is 0. The fourth-order valence-corrected chi connectivity index (χ4v) is 3.23. The normalized spacial score (nSPS) is 23.7. The topological polar surface area (TPSA) is 82.0 Å². The van der Waals surface area contributed by atoms with Gasteiger partial charge in [-0.05, 0) is 44.0 Å². The lowest BCUT2D eigenvalue weighted by molar-refractivity contribution is -0.142. The molecule has 3 rings (SSSR count). The Morgan fingerprint density at radius 1 is 1.26 bits per heavy atom. The maximum absolute atomic E-state index is 12.3. The Bertz CT molecular complexity index is 639. The molecule has 1 fully saturated rings. The van der Waals surface area contributed by atoms with Crippen molar-refractivity contribution >= 4 is 23.3 Å². The van der Waals surface area contributed by atoms with Crippen molar-refractivity contribution in [1.82, 2.24) is 5.32 Å².